The van der Waals surface area contributed by atoms with Crippen molar-refractivity contribution in [1.82, 2.24) is 0 Å². The predicted molar refractivity (Wildman–Crippen MR) is 97.9 cm³/mol. The van der Waals surface area contributed by atoms with E-state index in [-0.39, 0.29) is 5.41 Å². The first kappa shape index (κ1) is 20.8. The molecule has 3 nitrogen and oxygen atoms in total. The maximum Gasteiger partial charge on any atom is 0.416 e. The summed E-state index contributed by atoms with van der Waals surface area (Å²) in [6.45, 7) is 5.87. The summed E-state index contributed by atoms with van der Waals surface area (Å²) in [5.41, 5.74) is 0.791. The van der Waals surface area contributed by atoms with Crippen molar-refractivity contribution in [2.24, 2.45) is 5.41 Å². The van der Waals surface area contributed by atoms with Crippen LogP contribution in [0.2, 0.25) is 0 Å². The van der Waals surface area contributed by atoms with Crippen LogP contribution in [0.25, 0.3) is 11.1 Å². The van der Waals surface area contributed by atoms with Gasteiger partial charge in [0, 0.05) is 0 Å². The highest BCUT2D eigenvalue weighted by atomic mass is 19.4. The Morgan fingerprint density at radius 1 is 1.04 bits per heavy atom. The van der Waals surface area contributed by atoms with Gasteiger partial charge in [0.2, 0.25) is 0 Å². The molecule has 1 N–H and O–H groups in total. The molecule has 0 amide bonds. The number of rotatable bonds is 5. The van der Waals surface area contributed by atoms with Crippen molar-refractivity contribution in [2.75, 3.05) is 7.11 Å². The highest BCUT2D eigenvalue weighted by molar-refractivity contribution is 5.78. The van der Waals surface area contributed by atoms with Gasteiger partial charge in [-0.2, -0.15) is 13.2 Å². The average molecular weight is 380 g/mol. The summed E-state index contributed by atoms with van der Waals surface area (Å²) in [4.78, 5) is 11.8. The molecule has 0 radical (unpaired) electrons. The molecule has 1 atom stereocenters. The fraction of sp³-hybridized carbons (Fsp3) is 0.381. The van der Waals surface area contributed by atoms with E-state index in [1.807, 2.05) is 20.8 Å². The van der Waals surface area contributed by atoms with Crippen molar-refractivity contribution in [1.29, 1.82) is 0 Å². The number of hydrogen-bond acceptors (Lipinski definition) is 2. The van der Waals surface area contributed by atoms with Crippen LogP contribution in [0.5, 0.6) is 5.75 Å². The monoisotopic (exact) mass is 380 g/mol. The molecule has 0 spiro atoms. The molecule has 146 valence electrons. The van der Waals surface area contributed by atoms with Gasteiger partial charge >= 0.3 is 12.1 Å². The lowest BCUT2D eigenvalue weighted by molar-refractivity contribution is -0.139. The van der Waals surface area contributed by atoms with Gasteiger partial charge in [-0.3, -0.25) is 4.79 Å². The number of alkyl halides is 3. The second-order valence-corrected chi connectivity index (χ2v) is 7.73. The van der Waals surface area contributed by atoms with Gasteiger partial charge in [0.1, 0.15) is 5.75 Å². The molecule has 0 saturated carbocycles. The number of aliphatic carboxylic acids is 1. The Morgan fingerprint density at radius 2 is 1.63 bits per heavy atom. The molecule has 0 bridgehead atoms. The molecule has 1 unspecified atom stereocenters. The normalized spacial score (nSPS) is 13.3. The van der Waals surface area contributed by atoms with E-state index in [0.29, 0.717) is 28.9 Å². The molecule has 2 rings (SSSR count). The fourth-order valence-electron chi connectivity index (χ4n) is 2.92. The van der Waals surface area contributed by atoms with Crippen LogP contribution in [-0.2, 0) is 11.0 Å². The number of carbonyl (C=O) groups is 1. The highest BCUT2D eigenvalue weighted by Gasteiger charge is 2.30. The number of carboxylic acid groups (broad SMARTS) is 1. The minimum atomic E-state index is -4.40. The van der Waals surface area contributed by atoms with E-state index in [4.69, 9.17) is 4.74 Å². The van der Waals surface area contributed by atoms with Crippen LogP contribution in [0, 0.1) is 5.41 Å². The Hall–Kier alpha value is -2.50. The SMILES string of the molecule is COc1cc(-c2ccc(C(F)(F)F)cc2)cc(C(CC(C)(C)C)C(=O)O)c1. The maximum atomic E-state index is 12.8. The van der Waals surface area contributed by atoms with E-state index < -0.39 is 23.6 Å². The second-order valence-electron chi connectivity index (χ2n) is 7.73. The van der Waals surface area contributed by atoms with Crippen molar-refractivity contribution in [3.63, 3.8) is 0 Å². The first-order chi connectivity index (χ1) is 12.4. The summed E-state index contributed by atoms with van der Waals surface area (Å²) < 4.78 is 43.6. The van der Waals surface area contributed by atoms with Gasteiger partial charge in [-0.1, -0.05) is 39.0 Å². The topological polar surface area (TPSA) is 46.5 Å². The number of halogens is 3. The molecule has 0 aromatic heterocycles. The van der Waals surface area contributed by atoms with Crippen molar-refractivity contribution in [3.05, 3.63) is 53.6 Å². The summed E-state index contributed by atoms with van der Waals surface area (Å²) in [5, 5.41) is 9.68. The molecular weight excluding hydrogens is 357 g/mol. The highest BCUT2D eigenvalue weighted by Crippen LogP contribution is 2.36. The third kappa shape index (κ3) is 5.49. The zero-order valence-electron chi connectivity index (χ0n) is 15.7. The summed E-state index contributed by atoms with van der Waals surface area (Å²) in [5.74, 6) is -1.23. The number of ether oxygens (including phenoxy) is 1. The minimum Gasteiger partial charge on any atom is -0.497 e. The van der Waals surface area contributed by atoms with Crippen LogP contribution in [0.4, 0.5) is 13.2 Å². The molecule has 0 aliphatic heterocycles. The quantitative estimate of drug-likeness (QED) is 0.693. The molecule has 2 aromatic carbocycles. The number of hydrogen-bond donors (Lipinski definition) is 1. The number of carboxylic acids is 1. The van der Waals surface area contributed by atoms with Gasteiger partial charge in [0.15, 0.2) is 0 Å². The van der Waals surface area contributed by atoms with Crippen molar-refractivity contribution in [3.8, 4) is 16.9 Å². The van der Waals surface area contributed by atoms with Crippen LogP contribution in [0.1, 0.15) is 44.2 Å². The van der Waals surface area contributed by atoms with E-state index in [2.05, 4.69) is 0 Å². The Labute approximate surface area is 156 Å². The molecule has 0 aliphatic rings. The van der Waals surface area contributed by atoms with E-state index in [0.717, 1.165) is 12.1 Å². The summed E-state index contributed by atoms with van der Waals surface area (Å²) in [6, 6.07) is 9.83. The molecule has 0 fully saturated rings. The largest absolute Gasteiger partial charge is 0.497 e. The Morgan fingerprint density at radius 3 is 2.07 bits per heavy atom. The minimum absolute atomic E-state index is 0.208. The van der Waals surface area contributed by atoms with Crippen LogP contribution in [-0.4, -0.2) is 18.2 Å². The summed E-state index contributed by atoms with van der Waals surface area (Å²) in [7, 11) is 1.47. The van der Waals surface area contributed by atoms with Gasteiger partial charge < -0.3 is 9.84 Å². The molecular formula is C21H23F3O3. The number of methoxy groups -OCH3 is 1. The zero-order valence-corrected chi connectivity index (χ0v) is 15.7. The van der Waals surface area contributed by atoms with Crippen LogP contribution < -0.4 is 4.74 Å². The van der Waals surface area contributed by atoms with E-state index in [9.17, 15) is 23.1 Å². The van der Waals surface area contributed by atoms with Crippen LogP contribution in [0.3, 0.4) is 0 Å². The fourth-order valence-corrected chi connectivity index (χ4v) is 2.92. The lowest BCUT2D eigenvalue weighted by Gasteiger charge is -2.24. The van der Waals surface area contributed by atoms with Gasteiger partial charge in [-0.25, -0.2) is 0 Å². The van der Waals surface area contributed by atoms with Gasteiger partial charge in [0.25, 0.3) is 0 Å². The number of benzene rings is 2. The predicted octanol–water partition coefficient (Wildman–Crippen LogP) is 5.99. The summed E-state index contributed by atoms with van der Waals surface area (Å²) in [6.07, 6.45) is -3.98. The third-order valence-electron chi connectivity index (χ3n) is 4.23. The van der Waals surface area contributed by atoms with Gasteiger partial charge in [0.05, 0.1) is 18.6 Å². The van der Waals surface area contributed by atoms with E-state index in [1.54, 1.807) is 18.2 Å². The molecule has 27 heavy (non-hydrogen) atoms. The van der Waals surface area contributed by atoms with Gasteiger partial charge in [-0.05, 0) is 52.8 Å². The van der Waals surface area contributed by atoms with Crippen molar-refractivity contribution < 1.29 is 27.8 Å². The van der Waals surface area contributed by atoms with E-state index in [1.165, 1.54) is 19.2 Å². The average Bonchev–Trinajstić information content (AvgIpc) is 2.57. The molecule has 2 aromatic rings. The summed E-state index contributed by atoms with van der Waals surface area (Å²) >= 11 is 0. The van der Waals surface area contributed by atoms with Crippen LogP contribution >= 0.6 is 0 Å². The molecule has 0 saturated heterocycles. The molecule has 0 aliphatic carbocycles. The van der Waals surface area contributed by atoms with Gasteiger partial charge in [-0.15, -0.1) is 0 Å². The van der Waals surface area contributed by atoms with Crippen LogP contribution in [0.15, 0.2) is 42.5 Å². The van der Waals surface area contributed by atoms with E-state index >= 15 is 0 Å². The Bertz CT molecular complexity index is 803. The van der Waals surface area contributed by atoms with Crippen molar-refractivity contribution >= 4 is 5.97 Å². The Balaban J connectivity index is 2.49. The smallest absolute Gasteiger partial charge is 0.416 e. The zero-order chi connectivity index (χ0) is 20.4. The lowest BCUT2D eigenvalue weighted by Crippen LogP contribution is -2.19. The second kappa shape index (κ2) is 7.62. The molecule has 6 heteroatoms. The first-order valence-electron chi connectivity index (χ1n) is 8.50. The lowest BCUT2D eigenvalue weighted by atomic mass is 9.81. The van der Waals surface area contributed by atoms with Crippen molar-refractivity contribution in [2.45, 2.75) is 39.3 Å². The first-order valence-corrected chi connectivity index (χ1v) is 8.50. The maximum absolute atomic E-state index is 12.8. The standard InChI is InChI=1S/C21H23F3O3/c1-20(2,3)12-18(19(25)26)15-9-14(10-17(11-15)27-4)13-5-7-16(8-6-13)21(22,23)24/h5-11,18H,12H2,1-4H3,(H,25,26). The molecule has 0 heterocycles. The Kier molecular flexibility index (Phi) is 5.88. The third-order valence-corrected chi connectivity index (χ3v) is 4.23.